The molecule has 0 aliphatic carbocycles. The van der Waals surface area contributed by atoms with Crippen LogP contribution in [0.1, 0.15) is 106 Å². The highest BCUT2D eigenvalue weighted by molar-refractivity contribution is 6.08. The monoisotopic (exact) mass is 582 g/mol. The van der Waals surface area contributed by atoms with E-state index in [4.69, 9.17) is 9.97 Å². The van der Waals surface area contributed by atoms with Gasteiger partial charge < -0.3 is 25.3 Å². The predicted molar refractivity (Wildman–Crippen MR) is 164 cm³/mol. The van der Waals surface area contributed by atoms with E-state index in [0.717, 1.165) is 33.3 Å². The quantitative estimate of drug-likeness (QED) is 0.203. The zero-order chi connectivity index (χ0) is 31.3. The van der Waals surface area contributed by atoms with Crippen molar-refractivity contribution in [1.82, 2.24) is 19.9 Å². The second kappa shape index (κ2) is 11.0. The first-order valence-corrected chi connectivity index (χ1v) is 14.2. The smallest absolute Gasteiger partial charge is 0.339 e. The summed E-state index contributed by atoms with van der Waals surface area (Å²) in [6.45, 7) is 13.5. The van der Waals surface area contributed by atoms with Crippen LogP contribution in [0.2, 0.25) is 0 Å². The van der Waals surface area contributed by atoms with E-state index in [0.29, 0.717) is 34.6 Å². The molecule has 0 radical (unpaired) electrons. The number of aromatic nitrogens is 4. The van der Waals surface area contributed by atoms with Gasteiger partial charge in [-0.05, 0) is 74.1 Å². The van der Waals surface area contributed by atoms with Crippen molar-refractivity contribution in [2.75, 3.05) is 0 Å². The summed E-state index contributed by atoms with van der Waals surface area (Å²) in [5.74, 6) is -4.59. The number of nitrogens with one attached hydrogen (secondary N) is 2. The molecule has 5 heterocycles. The summed E-state index contributed by atoms with van der Waals surface area (Å²) in [5, 5.41) is 30.3. The number of carboxylic acid groups (broad SMARTS) is 3. The van der Waals surface area contributed by atoms with Gasteiger partial charge in [-0.3, -0.25) is 9.78 Å². The van der Waals surface area contributed by atoms with Gasteiger partial charge in [0, 0.05) is 46.1 Å². The largest absolute Gasteiger partial charge is 0.481 e. The molecule has 10 nitrogen and oxygen atoms in total. The molecule has 3 aromatic heterocycles. The Hall–Kier alpha value is -4.99. The average Bonchev–Trinajstić information content (AvgIpc) is 3.60. The molecule has 3 aromatic rings. The minimum atomic E-state index is -1.36. The van der Waals surface area contributed by atoms with Crippen LogP contribution in [0, 0.1) is 13.8 Å². The minimum Gasteiger partial charge on any atom is -0.481 e. The third-order valence-corrected chi connectivity index (χ3v) is 8.73. The molecule has 0 spiro atoms. The number of fused-ring (bicyclic) bond motifs is 8. The molecule has 10 heteroatoms. The Morgan fingerprint density at radius 3 is 2.19 bits per heavy atom. The van der Waals surface area contributed by atoms with Crippen molar-refractivity contribution in [1.29, 1.82) is 0 Å². The molecule has 0 amide bonds. The number of allylic oxidation sites excluding steroid dienone is 3. The molecule has 2 aliphatic heterocycles. The molecule has 2 aliphatic rings. The zero-order valence-electron chi connectivity index (χ0n) is 24.8. The van der Waals surface area contributed by atoms with Crippen LogP contribution in [0.15, 0.2) is 30.9 Å². The zero-order valence-corrected chi connectivity index (χ0v) is 24.8. The fourth-order valence-electron chi connectivity index (χ4n) is 6.33. The molecule has 5 rings (SSSR count). The lowest BCUT2D eigenvalue weighted by molar-refractivity contribution is -0.137. The van der Waals surface area contributed by atoms with Crippen LogP contribution in [0.3, 0.4) is 0 Å². The molecule has 5 N–H and O–H groups in total. The molecule has 0 saturated carbocycles. The van der Waals surface area contributed by atoms with Gasteiger partial charge >= 0.3 is 17.9 Å². The number of hydrogen-bond acceptors (Lipinski definition) is 5. The maximum absolute atomic E-state index is 12.9. The highest BCUT2D eigenvalue weighted by Crippen LogP contribution is 2.43. The minimum absolute atomic E-state index is 0.0738. The maximum atomic E-state index is 12.9. The highest BCUT2D eigenvalue weighted by Gasteiger charge is 2.35. The summed E-state index contributed by atoms with van der Waals surface area (Å²) in [6, 6.07) is 5.58. The van der Waals surface area contributed by atoms with E-state index in [1.54, 1.807) is 25.1 Å². The number of aryl methyl sites for hydroxylation is 3. The number of nitrogens with zero attached hydrogens (tertiary/aromatic N) is 2. The van der Waals surface area contributed by atoms with Crippen LogP contribution in [0.5, 0.6) is 0 Å². The van der Waals surface area contributed by atoms with Crippen molar-refractivity contribution >= 4 is 51.1 Å². The van der Waals surface area contributed by atoms with Gasteiger partial charge in [-0.2, -0.15) is 0 Å². The second-order valence-electron chi connectivity index (χ2n) is 11.1. The van der Waals surface area contributed by atoms with Crippen molar-refractivity contribution in [3.63, 3.8) is 0 Å². The molecule has 43 heavy (non-hydrogen) atoms. The molecule has 2 atom stereocenters. The summed E-state index contributed by atoms with van der Waals surface area (Å²) in [6.07, 6.45) is 2.38. The third-order valence-electron chi connectivity index (χ3n) is 8.73. The Kier molecular flexibility index (Phi) is 7.56. The van der Waals surface area contributed by atoms with Gasteiger partial charge in [0.05, 0.1) is 28.2 Å². The van der Waals surface area contributed by atoms with Crippen molar-refractivity contribution in [2.45, 2.75) is 65.7 Å². The van der Waals surface area contributed by atoms with E-state index >= 15 is 0 Å². The third kappa shape index (κ3) is 4.92. The summed E-state index contributed by atoms with van der Waals surface area (Å²) in [5.41, 5.74) is 7.73. The van der Waals surface area contributed by atoms with Gasteiger partial charge in [-0.1, -0.05) is 26.5 Å². The number of aromatic carboxylic acids is 2. The lowest BCUT2D eigenvalue weighted by Gasteiger charge is -2.16. The standard InChI is InChI=1S/C33H34N4O6/c1-7-18-14(3)21-11-23-16(5)20(9-10-27(38)39)30(36-23)29(33(42)43)31-28(32(40)41)17(6)24(37-31)13-26-19(8-2)15(4)22(35-26)12-25(18)34-21/h7,11-13,16,20,35,37H,1,8-10H2,2-6H3,(H,38,39)(H,40,41)(H,42,43)/t16-,20-/m0/s1. The molecular formula is C33H34N4O6. The number of aromatic amines is 2. The number of aliphatic carboxylic acids is 1. The van der Waals surface area contributed by atoms with E-state index in [1.165, 1.54) is 0 Å². The van der Waals surface area contributed by atoms with Gasteiger partial charge in [0.2, 0.25) is 0 Å². The molecular weight excluding hydrogens is 548 g/mol. The topological polar surface area (TPSA) is 169 Å². The fourth-order valence-corrected chi connectivity index (χ4v) is 6.33. The van der Waals surface area contributed by atoms with E-state index in [-0.39, 0.29) is 41.1 Å². The number of carboxylic acids is 3. The molecule has 0 saturated heterocycles. The van der Waals surface area contributed by atoms with E-state index in [1.807, 2.05) is 33.8 Å². The van der Waals surface area contributed by atoms with Gasteiger partial charge in [-0.25, -0.2) is 14.6 Å². The van der Waals surface area contributed by atoms with Crippen LogP contribution >= 0.6 is 0 Å². The second-order valence-corrected chi connectivity index (χ2v) is 11.1. The normalized spacial score (nSPS) is 16.4. The molecule has 0 unspecified atom stereocenters. The summed E-state index contributed by atoms with van der Waals surface area (Å²) in [4.78, 5) is 53.3. The first-order valence-electron chi connectivity index (χ1n) is 14.2. The Morgan fingerprint density at radius 1 is 0.907 bits per heavy atom. The summed E-state index contributed by atoms with van der Waals surface area (Å²) >= 11 is 0. The number of H-pyrrole nitrogens is 2. The van der Waals surface area contributed by atoms with E-state index in [2.05, 4.69) is 16.5 Å². The summed E-state index contributed by atoms with van der Waals surface area (Å²) < 4.78 is 0. The maximum Gasteiger partial charge on any atom is 0.339 e. The van der Waals surface area contributed by atoms with E-state index < -0.39 is 23.8 Å². The Bertz CT molecular complexity index is 1930. The van der Waals surface area contributed by atoms with Crippen molar-refractivity contribution < 1.29 is 29.7 Å². The molecule has 0 aromatic carbocycles. The van der Waals surface area contributed by atoms with Crippen molar-refractivity contribution in [3.8, 4) is 0 Å². The Balaban J connectivity index is 2.05. The Morgan fingerprint density at radius 2 is 1.58 bits per heavy atom. The molecule has 0 fully saturated rings. The van der Waals surface area contributed by atoms with Gasteiger partial charge in [0.25, 0.3) is 0 Å². The van der Waals surface area contributed by atoms with Crippen LogP contribution in [-0.4, -0.2) is 53.2 Å². The average molecular weight is 583 g/mol. The van der Waals surface area contributed by atoms with Gasteiger partial charge in [0.1, 0.15) is 5.56 Å². The SMILES string of the molecule is C=CC1=C(C)c2cc3nc(c(C(=O)O)c4[nH]c(cc5[nH]c(cc1n2)c(C)c5CC)c(C)c4C(=O)O)[C@@H](CCC(=O)O)[C@@H]3C. The lowest BCUT2D eigenvalue weighted by atomic mass is 9.85. The van der Waals surface area contributed by atoms with Crippen LogP contribution < -0.4 is 0 Å². The molecule has 8 bridgehead atoms. The van der Waals surface area contributed by atoms with Crippen LogP contribution in [-0.2, 0) is 11.2 Å². The summed E-state index contributed by atoms with van der Waals surface area (Å²) in [7, 11) is 0. The van der Waals surface area contributed by atoms with E-state index in [9.17, 15) is 29.7 Å². The number of carbonyl (C=O) groups is 3. The number of hydrogen-bond donors (Lipinski definition) is 5. The Labute approximate surface area is 247 Å². The van der Waals surface area contributed by atoms with Crippen LogP contribution in [0.4, 0.5) is 0 Å². The first-order chi connectivity index (χ1) is 20.4. The fraction of sp³-hybridized carbons (Fsp3) is 0.303. The van der Waals surface area contributed by atoms with Crippen molar-refractivity contribution in [3.05, 3.63) is 81.4 Å². The lowest BCUT2D eigenvalue weighted by Crippen LogP contribution is -2.11. The first kappa shape index (κ1) is 29.5. The van der Waals surface area contributed by atoms with Gasteiger partial charge in [-0.15, -0.1) is 0 Å². The molecule has 222 valence electrons. The highest BCUT2D eigenvalue weighted by atomic mass is 16.4. The van der Waals surface area contributed by atoms with Crippen molar-refractivity contribution in [2.24, 2.45) is 0 Å². The number of rotatable bonds is 7. The van der Waals surface area contributed by atoms with Crippen LogP contribution in [0.25, 0.3) is 33.2 Å². The van der Waals surface area contributed by atoms with Gasteiger partial charge in [0.15, 0.2) is 0 Å². The predicted octanol–water partition coefficient (Wildman–Crippen LogP) is 6.76.